The Labute approximate surface area is 118 Å². The predicted octanol–water partition coefficient (Wildman–Crippen LogP) is 4.42. The minimum absolute atomic E-state index is 0.226. The molecule has 1 N–H and O–H groups in total. The second-order valence-corrected chi connectivity index (χ2v) is 4.97. The summed E-state index contributed by atoms with van der Waals surface area (Å²) in [7, 11) is 0. The molecule has 0 aromatic carbocycles. The van der Waals surface area contributed by atoms with Gasteiger partial charge in [-0.25, -0.2) is 4.98 Å². The number of nitrogens with zero attached hydrogens (tertiary/aromatic N) is 1. The van der Waals surface area contributed by atoms with Gasteiger partial charge in [0.1, 0.15) is 11.6 Å². The van der Waals surface area contributed by atoms with Crippen molar-refractivity contribution in [3.8, 4) is 0 Å². The molecule has 3 nitrogen and oxygen atoms in total. The highest BCUT2D eigenvalue weighted by molar-refractivity contribution is 7.98. The standard InChI is InChI=1S/C13H13F3N2OS/c1-2-17-11-6-9(13(14,15)16)7-12(18-11)20-8-10-4-3-5-19-10/h3-7H,2,8H2,1H3,(H,17,18). The van der Waals surface area contributed by atoms with Gasteiger partial charge in [-0.05, 0) is 31.2 Å². The van der Waals surface area contributed by atoms with Crippen LogP contribution in [0, 0.1) is 0 Å². The molecule has 0 unspecified atom stereocenters. The summed E-state index contributed by atoms with van der Waals surface area (Å²) in [6, 6.07) is 5.57. The molecule has 2 heterocycles. The SMILES string of the molecule is CCNc1cc(C(F)(F)F)cc(SCc2ccco2)n1. The highest BCUT2D eigenvalue weighted by atomic mass is 32.2. The van der Waals surface area contributed by atoms with Crippen LogP contribution in [-0.4, -0.2) is 11.5 Å². The summed E-state index contributed by atoms with van der Waals surface area (Å²) in [5.41, 5.74) is -0.703. The van der Waals surface area contributed by atoms with E-state index in [0.717, 1.165) is 12.1 Å². The van der Waals surface area contributed by atoms with Gasteiger partial charge in [-0.1, -0.05) is 11.8 Å². The summed E-state index contributed by atoms with van der Waals surface area (Å²) in [5, 5.41) is 3.12. The highest BCUT2D eigenvalue weighted by Crippen LogP contribution is 2.33. The summed E-state index contributed by atoms with van der Waals surface area (Å²) in [6.45, 7) is 2.31. The van der Waals surface area contributed by atoms with Crippen LogP contribution in [0.4, 0.5) is 19.0 Å². The van der Waals surface area contributed by atoms with Crippen molar-refractivity contribution in [2.45, 2.75) is 23.9 Å². The van der Waals surface area contributed by atoms with Crippen LogP contribution in [0.5, 0.6) is 0 Å². The number of hydrogen-bond acceptors (Lipinski definition) is 4. The van der Waals surface area contributed by atoms with Crippen molar-refractivity contribution in [2.75, 3.05) is 11.9 Å². The minimum atomic E-state index is -4.38. The molecule has 0 saturated heterocycles. The Morgan fingerprint density at radius 1 is 1.35 bits per heavy atom. The highest BCUT2D eigenvalue weighted by Gasteiger charge is 2.31. The van der Waals surface area contributed by atoms with E-state index in [0.29, 0.717) is 23.1 Å². The van der Waals surface area contributed by atoms with Crippen molar-refractivity contribution < 1.29 is 17.6 Å². The van der Waals surface area contributed by atoms with Gasteiger partial charge in [-0.15, -0.1) is 0 Å². The maximum atomic E-state index is 12.8. The summed E-state index contributed by atoms with van der Waals surface area (Å²) in [6.07, 6.45) is -2.85. The molecule has 2 aromatic rings. The van der Waals surface area contributed by atoms with E-state index in [4.69, 9.17) is 4.42 Å². The second kappa shape index (κ2) is 6.21. The Kier molecular flexibility index (Phi) is 4.59. The first-order valence-corrected chi connectivity index (χ1v) is 6.96. The number of furan rings is 1. The van der Waals surface area contributed by atoms with E-state index in [2.05, 4.69) is 10.3 Å². The summed E-state index contributed by atoms with van der Waals surface area (Å²) in [4.78, 5) is 4.15. The summed E-state index contributed by atoms with van der Waals surface area (Å²) in [5.74, 6) is 1.36. The van der Waals surface area contributed by atoms with Gasteiger partial charge in [-0.2, -0.15) is 13.2 Å². The van der Waals surface area contributed by atoms with Crippen LogP contribution in [0.15, 0.2) is 40.0 Å². The Morgan fingerprint density at radius 2 is 2.15 bits per heavy atom. The zero-order valence-corrected chi connectivity index (χ0v) is 11.5. The van der Waals surface area contributed by atoms with Gasteiger partial charge >= 0.3 is 6.18 Å². The van der Waals surface area contributed by atoms with E-state index >= 15 is 0 Å². The molecule has 0 saturated carbocycles. The Morgan fingerprint density at radius 3 is 2.75 bits per heavy atom. The van der Waals surface area contributed by atoms with Crippen molar-refractivity contribution in [3.05, 3.63) is 41.9 Å². The Hall–Kier alpha value is -1.63. The number of alkyl halides is 3. The lowest BCUT2D eigenvalue weighted by atomic mass is 10.2. The van der Waals surface area contributed by atoms with Crippen LogP contribution in [0.3, 0.4) is 0 Å². The predicted molar refractivity (Wildman–Crippen MR) is 71.7 cm³/mol. The number of thioether (sulfide) groups is 1. The van der Waals surface area contributed by atoms with E-state index in [9.17, 15) is 13.2 Å². The number of halogens is 3. The molecule has 20 heavy (non-hydrogen) atoms. The number of hydrogen-bond donors (Lipinski definition) is 1. The fourth-order valence-corrected chi connectivity index (χ4v) is 2.38. The van der Waals surface area contributed by atoms with Crippen LogP contribution in [0.2, 0.25) is 0 Å². The molecular formula is C13H13F3N2OS. The van der Waals surface area contributed by atoms with Crippen molar-refractivity contribution in [2.24, 2.45) is 0 Å². The zero-order valence-electron chi connectivity index (χ0n) is 10.7. The van der Waals surface area contributed by atoms with Gasteiger partial charge in [0.25, 0.3) is 0 Å². The maximum absolute atomic E-state index is 12.8. The van der Waals surface area contributed by atoms with Crippen molar-refractivity contribution >= 4 is 17.6 Å². The quantitative estimate of drug-likeness (QED) is 0.830. The molecule has 0 atom stereocenters. The van der Waals surface area contributed by atoms with Crippen molar-refractivity contribution in [1.29, 1.82) is 0 Å². The average Bonchev–Trinajstić information content (AvgIpc) is 2.88. The molecular weight excluding hydrogens is 289 g/mol. The molecule has 0 bridgehead atoms. The third-order valence-corrected chi connectivity index (χ3v) is 3.36. The topological polar surface area (TPSA) is 38.1 Å². The van der Waals surface area contributed by atoms with E-state index in [1.165, 1.54) is 18.0 Å². The molecule has 0 amide bonds. The van der Waals surface area contributed by atoms with Gasteiger partial charge in [0, 0.05) is 6.54 Å². The normalized spacial score (nSPS) is 11.6. The largest absolute Gasteiger partial charge is 0.468 e. The zero-order chi connectivity index (χ0) is 14.6. The molecule has 0 aliphatic carbocycles. The maximum Gasteiger partial charge on any atom is 0.416 e. The van der Waals surface area contributed by atoms with Gasteiger partial charge in [-0.3, -0.25) is 0 Å². The van der Waals surface area contributed by atoms with Crippen LogP contribution >= 0.6 is 11.8 Å². The van der Waals surface area contributed by atoms with E-state index < -0.39 is 11.7 Å². The molecule has 0 aliphatic heterocycles. The first-order chi connectivity index (χ1) is 9.49. The molecule has 0 fully saturated rings. The molecule has 0 aliphatic rings. The average molecular weight is 302 g/mol. The number of rotatable bonds is 5. The first kappa shape index (κ1) is 14.8. The van der Waals surface area contributed by atoms with Crippen LogP contribution in [0.1, 0.15) is 18.2 Å². The monoisotopic (exact) mass is 302 g/mol. The van der Waals surface area contributed by atoms with Gasteiger partial charge in [0.05, 0.1) is 22.6 Å². The fourth-order valence-electron chi connectivity index (χ4n) is 1.55. The van der Waals surface area contributed by atoms with Crippen LogP contribution < -0.4 is 5.32 Å². The second-order valence-electron chi connectivity index (χ2n) is 3.98. The lowest BCUT2D eigenvalue weighted by Gasteiger charge is -2.11. The van der Waals surface area contributed by atoms with Crippen molar-refractivity contribution in [3.63, 3.8) is 0 Å². The van der Waals surface area contributed by atoms with Crippen LogP contribution in [-0.2, 0) is 11.9 Å². The minimum Gasteiger partial charge on any atom is -0.468 e. The Bertz CT molecular complexity index is 555. The van der Waals surface area contributed by atoms with E-state index in [-0.39, 0.29) is 5.82 Å². The smallest absolute Gasteiger partial charge is 0.416 e. The summed E-state index contributed by atoms with van der Waals surface area (Å²) >= 11 is 1.20. The molecule has 2 rings (SSSR count). The van der Waals surface area contributed by atoms with E-state index in [1.54, 1.807) is 19.1 Å². The van der Waals surface area contributed by atoms with Gasteiger partial charge in [0.15, 0.2) is 0 Å². The third kappa shape index (κ3) is 3.93. The van der Waals surface area contributed by atoms with E-state index in [1.807, 2.05) is 0 Å². The lowest BCUT2D eigenvalue weighted by molar-refractivity contribution is -0.137. The van der Waals surface area contributed by atoms with Gasteiger partial charge in [0.2, 0.25) is 0 Å². The number of nitrogens with one attached hydrogen (secondary N) is 1. The number of pyridine rings is 1. The van der Waals surface area contributed by atoms with Crippen molar-refractivity contribution in [1.82, 2.24) is 4.98 Å². The molecule has 108 valence electrons. The first-order valence-electron chi connectivity index (χ1n) is 5.97. The third-order valence-electron chi connectivity index (χ3n) is 2.43. The Balaban J connectivity index is 2.20. The molecule has 7 heteroatoms. The van der Waals surface area contributed by atoms with Gasteiger partial charge < -0.3 is 9.73 Å². The fraction of sp³-hybridized carbons (Fsp3) is 0.308. The molecule has 2 aromatic heterocycles. The number of anilines is 1. The van der Waals surface area contributed by atoms with Crippen LogP contribution in [0.25, 0.3) is 0 Å². The molecule has 0 radical (unpaired) electrons. The summed E-state index contributed by atoms with van der Waals surface area (Å²) < 4.78 is 43.6. The molecule has 0 spiro atoms. The number of aromatic nitrogens is 1. The lowest BCUT2D eigenvalue weighted by Crippen LogP contribution is -2.08.